The van der Waals surface area contributed by atoms with Gasteiger partial charge in [-0.3, -0.25) is 4.79 Å². The van der Waals surface area contributed by atoms with E-state index >= 15 is 0 Å². The van der Waals surface area contributed by atoms with Crippen molar-refractivity contribution in [1.82, 2.24) is 5.32 Å². The van der Waals surface area contributed by atoms with E-state index in [1.54, 1.807) is 0 Å². The highest BCUT2D eigenvalue weighted by molar-refractivity contribution is 9.10. The van der Waals surface area contributed by atoms with E-state index in [4.69, 9.17) is 0 Å². The van der Waals surface area contributed by atoms with Crippen molar-refractivity contribution in [2.75, 3.05) is 13.1 Å². The van der Waals surface area contributed by atoms with Gasteiger partial charge in [-0.25, -0.2) is 0 Å². The van der Waals surface area contributed by atoms with Crippen LogP contribution in [0.2, 0.25) is 0 Å². The Balaban J connectivity index is 0.00000112. The number of nitrogens with one attached hydrogen (secondary N) is 1. The first-order valence-electron chi connectivity index (χ1n) is 4.78. The molecule has 1 N–H and O–H groups in total. The van der Waals surface area contributed by atoms with Gasteiger partial charge in [0.2, 0.25) is 0 Å². The monoisotopic (exact) mass is 289 g/mol. The first-order chi connectivity index (χ1) is 6.77. The van der Waals surface area contributed by atoms with Gasteiger partial charge in [0, 0.05) is 22.5 Å². The number of hydrogen-bond acceptors (Lipinski definition) is 2. The van der Waals surface area contributed by atoms with Crippen LogP contribution in [0.15, 0.2) is 28.7 Å². The quantitative estimate of drug-likeness (QED) is 0.849. The molecule has 1 aliphatic heterocycles. The number of benzene rings is 1. The fourth-order valence-electron chi connectivity index (χ4n) is 1.73. The molecular weight excluding hydrogens is 277 g/mol. The van der Waals surface area contributed by atoms with Gasteiger partial charge >= 0.3 is 0 Å². The van der Waals surface area contributed by atoms with Gasteiger partial charge in [-0.05, 0) is 25.1 Å². The second kappa shape index (κ2) is 5.64. The topological polar surface area (TPSA) is 29.1 Å². The summed E-state index contributed by atoms with van der Waals surface area (Å²) in [4.78, 5) is 11.9. The fraction of sp³-hybridized carbons (Fsp3) is 0.364. The SMILES string of the molecule is Cl.O=C(c1ccc(Br)cc1)C1CCNC1. The highest BCUT2D eigenvalue weighted by Gasteiger charge is 2.23. The van der Waals surface area contributed by atoms with Gasteiger partial charge < -0.3 is 5.32 Å². The van der Waals surface area contributed by atoms with Crippen LogP contribution in [0.5, 0.6) is 0 Å². The molecule has 0 amide bonds. The molecule has 0 bridgehead atoms. The highest BCUT2D eigenvalue weighted by atomic mass is 79.9. The number of Topliss-reactive ketones (excluding diaryl/α,β-unsaturated/α-hetero) is 1. The number of ketones is 1. The lowest BCUT2D eigenvalue weighted by molar-refractivity contribution is 0.0930. The second-order valence-corrected chi connectivity index (χ2v) is 4.48. The molecule has 1 atom stereocenters. The Morgan fingerprint density at radius 1 is 1.33 bits per heavy atom. The van der Waals surface area contributed by atoms with E-state index in [1.807, 2.05) is 24.3 Å². The normalized spacial score (nSPS) is 19.7. The Labute approximate surface area is 104 Å². The van der Waals surface area contributed by atoms with Gasteiger partial charge in [-0.2, -0.15) is 0 Å². The minimum Gasteiger partial charge on any atom is -0.316 e. The van der Waals surface area contributed by atoms with Crippen LogP contribution in [0.3, 0.4) is 0 Å². The molecule has 0 saturated carbocycles. The van der Waals surface area contributed by atoms with Crippen LogP contribution in [0.25, 0.3) is 0 Å². The van der Waals surface area contributed by atoms with Crippen LogP contribution in [0.4, 0.5) is 0 Å². The third-order valence-corrected chi connectivity index (χ3v) is 3.09. The van der Waals surface area contributed by atoms with Crippen molar-refractivity contribution in [3.8, 4) is 0 Å². The molecule has 15 heavy (non-hydrogen) atoms. The molecule has 0 radical (unpaired) electrons. The number of halogens is 2. The van der Waals surface area contributed by atoms with E-state index in [2.05, 4.69) is 21.2 Å². The summed E-state index contributed by atoms with van der Waals surface area (Å²) in [6.07, 6.45) is 0.967. The summed E-state index contributed by atoms with van der Waals surface area (Å²) in [6.45, 7) is 1.79. The van der Waals surface area contributed by atoms with E-state index in [0.717, 1.165) is 29.5 Å². The van der Waals surface area contributed by atoms with E-state index in [0.29, 0.717) is 0 Å². The van der Waals surface area contributed by atoms with Crippen LogP contribution < -0.4 is 5.32 Å². The first kappa shape index (κ1) is 12.7. The maximum absolute atomic E-state index is 11.9. The molecule has 0 spiro atoms. The van der Waals surface area contributed by atoms with Crippen molar-refractivity contribution in [3.63, 3.8) is 0 Å². The molecule has 2 rings (SSSR count). The maximum Gasteiger partial charge on any atom is 0.167 e. The van der Waals surface area contributed by atoms with Crippen molar-refractivity contribution in [1.29, 1.82) is 0 Å². The van der Waals surface area contributed by atoms with Crippen LogP contribution in [0.1, 0.15) is 16.8 Å². The summed E-state index contributed by atoms with van der Waals surface area (Å²) in [6, 6.07) is 7.58. The lowest BCUT2D eigenvalue weighted by Crippen LogP contribution is -2.17. The Morgan fingerprint density at radius 2 is 2.00 bits per heavy atom. The maximum atomic E-state index is 11.9. The van der Waals surface area contributed by atoms with E-state index < -0.39 is 0 Å². The van der Waals surface area contributed by atoms with Gasteiger partial charge in [0.25, 0.3) is 0 Å². The molecule has 1 heterocycles. The Morgan fingerprint density at radius 3 is 2.53 bits per heavy atom. The second-order valence-electron chi connectivity index (χ2n) is 3.56. The summed E-state index contributed by atoms with van der Waals surface area (Å²) < 4.78 is 1.01. The molecule has 82 valence electrons. The van der Waals surface area contributed by atoms with Crippen molar-refractivity contribution >= 4 is 34.1 Å². The number of carbonyl (C=O) groups is 1. The van der Waals surface area contributed by atoms with Crippen molar-refractivity contribution in [2.24, 2.45) is 5.92 Å². The van der Waals surface area contributed by atoms with E-state index in [-0.39, 0.29) is 24.1 Å². The van der Waals surface area contributed by atoms with Gasteiger partial charge in [0.1, 0.15) is 0 Å². The molecule has 1 aromatic rings. The highest BCUT2D eigenvalue weighted by Crippen LogP contribution is 2.17. The van der Waals surface area contributed by atoms with Gasteiger partial charge in [-0.1, -0.05) is 28.1 Å². The third kappa shape index (κ3) is 3.03. The molecule has 1 aliphatic rings. The molecule has 2 nitrogen and oxygen atoms in total. The predicted molar refractivity (Wildman–Crippen MR) is 66.7 cm³/mol. The molecule has 1 saturated heterocycles. The molecule has 0 aliphatic carbocycles. The lowest BCUT2D eigenvalue weighted by Gasteiger charge is -2.06. The number of rotatable bonds is 2. The van der Waals surface area contributed by atoms with E-state index in [1.165, 1.54) is 0 Å². The summed E-state index contributed by atoms with van der Waals surface area (Å²) in [5, 5.41) is 3.20. The molecule has 1 unspecified atom stereocenters. The summed E-state index contributed by atoms with van der Waals surface area (Å²) >= 11 is 3.35. The summed E-state index contributed by atoms with van der Waals surface area (Å²) in [5.41, 5.74) is 0.821. The minimum absolute atomic E-state index is 0. The zero-order chi connectivity index (χ0) is 9.97. The Kier molecular flexibility index (Phi) is 4.77. The Hall–Kier alpha value is -0.380. The average Bonchev–Trinajstić information content (AvgIpc) is 2.71. The van der Waals surface area contributed by atoms with Crippen molar-refractivity contribution in [3.05, 3.63) is 34.3 Å². The molecule has 4 heteroatoms. The van der Waals surface area contributed by atoms with Gasteiger partial charge in [0.15, 0.2) is 5.78 Å². The third-order valence-electron chi connectivity index (χ3n) is 2.56. The van der Waals surface area contributed by atoms with Crippen LogP contribution >= 0.6 is 28.3 Å². The predicted octanol–water partition coefficient (Wildman–Crippen LogP) is 2.66. The van der Waals surface area contributed by atoms with Crippen LogP contribution in [-0.2, 0) is 0 Å². The van der Waals surface area contributed by atoms with Crippen molar-refractivity contribution in [2.45, 2.75) is 6.42 Å². The fourth-order valence-corrected chi connectivity index (χ4v) is 1.99. The largest absolute Gasteiger partial charge is 0.316 e. The molecule has 1 fully saturated rings. The number of carbonyl (C=O) groups excluding carboxylic acids is 1. The minimum atomic E-state index is 0. The van der Waals surface area contributed by atoms with E-state index in [9.17, 15) is 4.79 Å². The lowest BCUT2D eigenvalue weighted by atomic mass is 9.97. The number of hydrogen-bond donors (Lipinski definition) is 1. The van der Waals surface area contributed by atoms with Crippen LogP contribution in [-0.4, -0.2) is 18.9 Å². The van der Waals surface area contributed by atoms with Crippen LogP contribution in [0, 0.1) is 5.92 Å². The molecule has 1 aromatic carbocycles. The Bertz CT molecular complexity index is 333. The van der Waals surface area contributed by atoms with Crippen molar-refractivity contribution < 1.29 is 4.79 Å². The van der Waals surface area contributed by atoms with Gasteiger partial charge in [-0.15, -0.1) is 12.4 Å². The molecular formula is C11H13BrClNO. The smallest absolute Gasteiger partial charge is 0.167 e. The summed E-state index contributed by atoms with van der Waals surface area (Å²) in [7, 11) is 0. The first-order valence-corrected chi connectivity index (χ1v) is 5.57. The average molecular weight is 291 g/mol. The summed E-state index contributed by atoms with van der Waals surface area (Å²) in [5.74, 6) is 0.443. The zero-order valence-electron chi connectivity index (χ0n) is 8.20. The zero-order valence-corrected chi connectivity index (χ0v) is 10.6. The standard InChI is InChI=1S/C11H12BrNO.ClH/c12-10-3-1-8(2-4-10)11(14)9-5-6-13-7-9;/h1-4,9,13H,5-7H2;1H. The van der Waals surface area contributed by atoms with Gasteiger partial charge in [0.05, 0.1) is 0 Å². The molecule has 0 aromatic heterocycles.